The maximum Gasteiger partial charge on any atom is 0.303 e. The average Bonchev–Trinajstić information content (AvgIpc) is 2.53. The fourth-order valence-electron chi connectivity index (χ4n) is 3.18. The first-order chi connectivity index (χ1) is 11.0. The quantitative estimate of drug-likeness (QED) is 0.873. The molecule has 126 valence electrons. The Balaban J connectivity index is 1.88. The molecule has 0 spiro atoms. The summed E-state index contributed by atoms with van der Waals surface area (Å²) in [5, 5.41) is 8.78. The van der Waals surface area contributed by atoms with E-state index in [9.17, 15) is 14.0 Å². The van der Waals surface area contributed by atoms with E-state index >= 15 is 0 Å². The first-order valence-electron chi connectivity index (χ1n) is 8.20. The van der Waals surface area contributed by atoms with Crippen molar-refractivity contribution in [2.75, 3.05) is 13.1 Å². The van der Waals surface area contributed by atoms with Crippen LogP contribution < -0.4 is 0 Å². The van der Waals surface area contributed by atoms with Gasteiger partial charge in [-0.2, -0.15) is 0 Å². The molecule has 1 aliphatic rings. The van der Waals surface area contributed by atoms with Gasteiger partial charge in [0.25, 0.3) is 0 Å². The van der Waals surface area contributed by atoms with Crippen LogP contribution in [0.5, 0.6) is 0 Å². The molecule has 2 rings (SSSR count). The third-order valence-corrected chi connectivity index (χ3v) is 4.54. The molecule has 1 amide bonds. The van der Waals surface area contributed by atoms with Crippen LogP contribution in [0.3, 0.4) is 0 Å². The molecule has 5 heteroatoms. The van der Waals surface area contributed by atoms with Crippen molar-refractivity contribution in [1.29, 1.82) is 0 Å². The molecule has 1 heterocycles. The number of carboxylic acids is 1. The number of hydrogen-bond donors (Lipinski definition) is 1. The standard InChI is InChI=1S/C18H24FNO3/c1-13(15-5-2-6-16(19)11-15)10-17(21)20-9-3-4-14(12-20)7-8-18(22)23/h2,5-6,11,13-14H,3-4,7-10,12H2,1H3,(H,22,23). The molecule has 2 unspecified atom stereocenters. The zero-order valence-corrected chi connectivity index (χ0v) is 13.5. The van der Waals surface area contributed by atoms with E-state index in [0.29, 0.717) is 19.4 Å². The molecule has 0 aliphatic carbocycles. The number of benzene rings is 1. The number of aliphatic carboxylic acids is 1. The van der Waals surface area contributed by atoms with Crippen LogP contribution in [0.25, 0.3) is 0 Å². The summed E-state index contributed by atoms with van der Waals surface area (Å²) < 4.78 is 13.3. The molecule has 2 atom stereocenters. The molecule has 1 aromatic rings. The number of hydrogen-bond acceptors (Lipinski definition) is 2. The van der Waals surface area contributed by atoms with Crippen LogP contribution in [0, 0.1) is 11.7 Å². The predicted molar refractivity (Wildman–Crippen MR) is 85.6 cm³/mol. The Morgan fingerprint density at radius 1 is 1.43 bits per heavy atom. The number of nitrogens with zero attached hydrogens (tertiary/aromatic N) is 1. The zero-order valence-electron chi connectivity index (χ0n) is 13.5. The first kappa shape index (κ1) is 17.4. The van der Waals surface area contributed by atoms with Crippen molar-refractivity contribution < 1.29 is 19.1 Å². The maximum absolute atomic E-state index is 13.3. The van der Waals surface area contributed by atoms with Gasteiger partial charge in [-0.15, -0.1) is 0 Å². The summed E-state index contributed by atoms with van der Waals surface area (Å²) in [6.45, 7) is 3.30. The van der Waals surface area contributed by atoms with Gasteiger partial charge in [-0.05, 0) is 48.8 Å². The van der Waals surface area contributed by atoms with Crippen molar-refractivity contribution in [1.82, 2.24) is 4.90 Å². The number of piperidine rings is 1. The van der Waals surface area contributed by atoms with Crippen LogP contribution in [-0.4, -0.2) is 35.0 Å². The molecule has 0 saturated carbocycles. The van der Waals surface area contributed by atoms with Crippen molar-refractivity contribution in [2.24, 2.45) is 5.92 Å². The van der Waals surface area contributed by atoms with E-state index < -0.39 is 5.97 Å². The topological polar surface area (TPSA) is 57.6 Å². The number of rotatable bonds is 6. The van der Waals surface area contributed by atoms with Crippen molar-refractivity contribution >= 4 is 11.9 Å². The number of carbonyl (C=O) groups is 2. The van der Waals surface area contributed by atoms with E-state index in [1.165, 1.54) is 12.1 Å². The number of likely N-dealkylation sites (tertiary alicyclic amines) is 1. The maximum atomic E-state index is 13.3. The van der Waals surface area contributed by atoms with Gasteiger partial charge in [0.2, 0.25) is 5.91 Å². The summed E-state index contributed by atoms with van der Waals surface area (Å²) in [5.74, 6) is -0.755. The minimum Gasteiger partial charge on any atom is -0.481 e. The Morgan fingerprint density at radius 3 is 2.91 bits per heavy atom. The first-order valence-corrected chi connectivity index (χ1v) is 8.20. The molecule has 23 heavy (non-hydrogen) atoms. The highest BCUT2D eigenvalue weighted by atomic mass is 19.1. The number of amides is 1. The molecule has 1 aromatic carbocycles. The van der Waals surface area contributed by atoms with Gasteiger partial charge in [0.1, 0.15) is 5.82 Å². The minimum atomic E-state index is -0.784. The zero-order chi connectivity index (χ0) is 16.8. The van der Waals surface area contributed by atoms with Crippen molar-refractivity contribution in [2.45, 2.75) is 44.9 Å². The molecule has 1 N–H and O–H groups in total. The molecule has 1 fully saturated rings. The van der Waals surface area contributed by atoms with Crippen LogP contribution >= 0.6 is 0 Å². The van der Waals surface area contributed by atoms with Gasteiger partial charge < -0.3 is 10.0 Å². The fourth-order valence-corrected chi connectivity index (χ4v) is 3.18. The summed E-state index contributed by atoms with van der Waals surface area (Å²) in [6.07, 6.45) is 3.04. The van der Waals surface area contributed by atoms with Gasteiger partial charge in [-0.1, -0.05) is 19.1 Å². The second kappa shape index (κ2) is 8.09. The van der Waals surface area contributed by atoms with E-state index in [2.05, 4.69) is 0 Å². The van der Waals surface area contributed by atoms with Gasteiger partial charge in [0, 0.05) is 25.9 Å². The lowest BCUT2D eigenvalue weighted by Crippen LogP contribution is -2.40. The van der Waals surface area contributed by atoms with Crippen molar-refractivity contribution in [3.63, 3.8) is 0 Å². The Hall–Kier alpha value is -1.91. The Morgan fingerprint density at radius 2 is 2.22 bits per heavy atom. The fraction of sp³-hybridized carbons (Fsp3) is 0.556. The highest BCUT2D eigenvalue weighted by molar-refractivity contribution is 5.77. The lowest BCUT2D eigenvalue weighted by molar-refractivity contribution is -0.137. The third kappa shape index (κ3) is 5.34. The molecule has 0 radical (unpaired) electrons. The van der Waals surface area contributed by atoms with Gasteiger partial charge in [-0.25, -0.2) is 4.39 Å². The summed E-state index contributed by atoms with van der Waals surface area (Å²) in [4.78, 5) is 25.0. The van der Waals surface area contributed by atoms with E-state index in [0.717, 1.165) is 24.9 Å². The van der Waals surface area contributed by atoms with Crippen molar-refractivity contribution in [3.8, 4) is 0 Å². The molecule has 1 aliphatic heterocycles. The van der Waals surface area contributed by atoms with Crippen molar-refractivity contribution in [3.05, 3.63) is 35.6 Å². The SMILES string of the molecule is CC(CC(=O)N1CCCC(CCC(=O)O)C1)c1cccc(F)c1. The van der Waals surface area contributed by atoms with Crippen LogP contribution in [0.1, 0.15) is 50.5 Å². The summed E-state index contributed by atoms with van der Waals surface area (Å²) in [5.41, 5.74) is 0.831. The second-order valence-electron chi connectivity index (χ2n) is 6.44. The monoisotopic (exact) mass is 321 g/mol. The summed E-state index contributed by atoms with van der Waals surface area (Å²) in [6, 6.07) is 6.38. The largest absolute Gasteiger partial charge is 0.481 e. The Bertz CT molecular complexity index is 561. The van der Waals surface area contributed by atoms with E-state index in [1.807, 2.05) is 17.9 Å². The van der Waals surface area contributed by atoms with Crippen LogP contribution in [0.4, 0.5) is 4.39 Å². The highest BCUT2D eigenvalue weighted by Crippen LogP contribution is 2.25. The van der Waals surface area contributed by atoms with Crippen LogP contribution in [0.2, 0.25) is 0 Å². The molecule has 0 bridgehead atoms. The lowest BCUT2D eigenvalue weighted by atomic mass is 9.92. The molecule has 1 saturated heterocycles. The normalized spacial score (nSPS) is 19.4. The number of halogens is 1. The lowest BCUT2D eigenvalue weighted by Gasteiger charge is -2.33. The number of carboxylic acid groups (broad SMARTS) is 1. The summed E-state index contributed by atoms with van der Waals surface area (Å²) >= 11 is 0. The van der Waals surface area contributed by atoms with E-state index in [4.69, 9.17) is 5.11 Å². The van der Waals surface area contributed by atoms with Crippen LogP contribution in [0.15, 0.2) is 24.3 Å². The molecular formula is C18H24FNO3. The molecule has 4 nitrogen and oxygen atoms in total. The van der Waals surface area contributed by atoms with Crippen LogP contribution in [-0.2, 0) is 9.59 Å². The number of carbonyl (C=O) groups excluding carboxylic acids is 1. The van der Waals surface area contributed by atoms with Gasteiger partial charge in [-0.3, -0.25) is 9.59 Å². The van der Waals surface area contributed by atoms with E-state index in [-0.39, 0.29) is 30.0 Å². The molecule has 0 aromatic heterocycles. The van der Waals surface area contributed by atoms with Gasteiger partial charge >= 0.3 is 5.97 Å². The predicted octanol–water partition coefficient (Wildman–Crippen LogP) is 3.42. The Kier molecular flexibility index (Phi) is 6.13. The summed E-state index contributed by atoms with van der Waals surface area (Å²) in [7, 11) is 0. The second-order valence-corrected chi connectivity index (χ2v) is 6.44. The highest BCUT2D eigenvalue weighted by Gasteiger charge is 2.25. The minimum absolute atomic E-state index is 0.0300. The Labute approximate surface area is 136 Å². The average molecular weight is 321 g/mol. The molecular weight excluding hydrogens is 297 g/mol. The van der Waals surface area contributed by atoms with Gasteiger partial charge in [0.05, 0.1) is 0 Å². The smallest absolute Gasteiger partial charge is 0.303 e. The van der Waals surface area contributed by atoms with E-state index in [1.54, 1.807) is 6.07 Å². The third-order valence-electron chi connectivity index (χ3n) is 4.54. The van der Waals surface area contributed by atoms with Gasteiger partial charge in [0.15, 0.2) is 0 Å².